The van der Waals surface area contributed by atoms with Crippen molar-refractivity contribution in [2.45, 2.75) is 18.9 Å². The van der Waals surface area contributed by atoms with Crippen molar-refractivity contribution in [1.82, 2.24) is 9.80 Å². The first-order valence-corrected chi connectivity index (χ1v) is 6.55. The fourth-order valence-corrected chi connectivity index (χ4v) is 3.17. The minimum atomic E-state index is 0.613. The largest absolute Gasteiger partial charge is 0.398 e. The highest BCUT2D eigenvalue weighted by molar-refractivity contribution is 5.54. The molecular formula is C14H21N3. The van der Waals surface area contributed by atoms with E-state index < -0.39 is 0 Å². The number of likely N-dealkylation sites (N-methyl/N-ethyl adjacent to an activating group) is 1. The third-order valence-electron chi connectivity index (χ3n) is 4.25. The lowest BCUT2D eigenvalue weighted by molar-refractivity contribution is 0.111. The average Bonchev–Trinajstić information content (AvgIpc) is 2.75. The predicted octanol–water partition coefficient (Wildman–Crippen LogP) is 1.50. The van der Waals surface area contributed by atoms with E-state index in [-0.39, 0.29) is 0 Å². The molecule has 1 aliphatic heterocycles. The zero-order valence-electron chi connectivity index (χ0n) is 10.5. The van der Waals surface area contributed by atoms with Gasteiger partial charge in [-0.15, -0.1) is 0 Å². The zero-order chi connectivity index (χ0) is 11.8. The maximum Gasteiger partial charge on any atom is 0.0355 e. The maximum atomic E-state index is 6.06. The second kappa shape index (κ2) is 4.31. The van der Waals surface area contributed by atoms with E-state index in [0.29, 0.717) is 6.04 Å². The van der Waals surface area contributed by atoms with Crippen LogP contribution in [0.2, 0.25) is 0 Å². The van der Waals surface area contributed by atoms with Gasteiger partial charge >= 0.3 is 0 Å². The Hall–Kier alpha value is -1.06. The van der Waals surface area contributed by atoms with Crippen LogP contribution in [-0.2, 0) is 6.42 Å². The number of benzene rings is 1. The predicted molar refractivity (Wildman–Crippen MR) is 71.0 cm³/mol. The van der Waals surface area contributed by atoms with Crippen molar-refractivity contribution in [1.29, 1.82) is 0 Å². The van der Waals surface area contributed by atoms with Crippen LogP contribution in [0, 0.1) is 0 Å². The van der Waals surface area contributed by atoms with Gasteiger partial charge < -0.3 is 10.6 Å². The molecule has 0 saturated carbocycles. The molecule has 1 aromatic carbocycles. The fraction of sp³-hybridized carbons (Fsp3) is 0.571. The van der Waals surface area contributed by atoms with Crippen molar-refractivity contribution in [3.05, 3.63) is 29.3 Å². The van der Waals surface area contributed by atoms with E-state index in [0.717, 1.165) is 12.1 Å². The molecule has 1 unspecified atom stereocenters. The number of fused-ring (bicyclic) bond motifs is 1. The van der Waals surface area contributed by atoms with Gasteiger partial charge in [0.25, 0.3) is 0 Å². The van der Waals surface area contributed by atoms with E-state index in [4.69, 9.17) is 5.73 Å². The summed E-state index contributed by atoms with van der Waals surface area (Å²) in [6, 6.07) is 7.01. The first kappa shape index (κ1) is 11.1. The van der Waals surface area contributed by atoms with E-state index >= 15 is 0 Å². The van der Waals surface area contributed by atoms with Crippen LogP contribution in [0.4, 0.5) is 5.69 Å². The molecule has 1 saturated heterocycles. The molecule has 3 nitrogen and oxygen atoms in total. The summed E-state index contributed by atoms with van der Waals surface area (Å²) in [6.45, 7) is 4.76. The molecule has 0 amide bonds. The number of hydrogen-bond acceptors (Lipinski definition) is 3. The highest BCUT2D eigenvalue weighted by Crippen LogP contribution is 2.38. The maximum absolute atomic E-state index is 6.06. The molecule has 17 heavy (non-hydrogen) atoms. The molecule has 0 aromatic heterocycles. The third-order valence-corrected chi connectivity index (χ3v) is 4.25. The Morgan fingerprint density at radius 3 is 2.71 bits per heavy atom. The number of nitrogen functional groups attached to an aromatic ring is 1. The van der Waals surface area contributed by atoms with Crippen LogP contribution >= 0.6 is 0 Å². The van der Waals surface area contributed by atoms with Gasteiger partial charge in [0, 0.05) is 37.9 Å². The minimum Gasteiger partial charge on any atom is -0.398 e. The van der Waals surface area contributed by atoms with Gasteiger partial charge in [0.05, 0.1) is 0 Å². The first-order valence-electron chi connectivity index (χ1n) is 6.55. The number of hydrogen-bond donors (Lipinski definition) is 1. The van der Waals surface area contributed by atoms with Gasteiger partial charge in [0.2, 0.25) is 0 Å². The lowest BCUT2D eigenvalue weighted by atomic mass is 10.0. The number of nitrogens with two attached hydrogens (primary N) is 1. The second-order valence-corrected chi connectivity index (χ2v) is 5.31. The molecule has 92 valence electrons. The molecule has 0 radical (unpaired) electrons. The summed E-state index contributed by atoms with van der Waals surface area (Å²) in [4.78, 5) is 5.04. The van der Waals surface area contributed by atoms with Gasteiger partial charge in [-0.1, -0.05) is 12.1 Å². The normalized spacial score (nSPS) is 26.1. The van der Waals surface area contributed by atoms with E-state index in [9.17, 15) is 0 Å². The number of piperazine rings is 1. The van der Waals surface area contributed by atoms with Crippen molar-refractivity contribution in [3.63, 3.8) is 0 Å². The average molecular weight is 231 g/mol. The van der Waals surface area contributed by atoms with Gasteiger partial charge in [0.15, 0.2) is 0 Å². The molecule has 1 heterocycles. The van der Waals surface area contributed by atoms with Crippen LogP contribution in [0.15, 0.2) is 18.2 Å². The molecule has 3 rings (SSSR count). The van der Waals surface area contributed by atoms with Crippen LogP contribution in [0.5, 0.6) is 0 Å². The molecule has 1 atom stereocenters. The summed E-state index contributed by atoms with van der Waals surface area (Å²) in [5, 5.41) is 0. The summed E-state index contributed by atoms with van der Waals surface area (Å²) >= 11 is 0. The Labute approximate surface area is 103 Å². The summed E-state index contributed by atoms with van der Waals surface area (Å²) < 4.78 is 0. The molecule has 0 bridgehead atoms. The molecular weight excluding hydrogens is 210 g/mol. The number of nitrogens with zero attached hydrogens (tertiary/aromatic N) is 2. The van der Waals surface area contributed by atoms with E-state index in [1.54, 1.807) is 0 Å². The molecule has 2 N–H and O–H groups in total. The van der Waals surface area contributed by atoms with Gasteiger partial charge in [-0.2, -0.15) is 0 Å². The van der Waals surface area contributed by atoms with E-state index in [1.165, 1.54) is 43.7 Å². The highest BCUT2D eigenvalue weighted by atomic mass is 15.3. The highest BCUT2D eigenvalue weighted by Gasteiger charge is 2.30. The summed E-state index contributed by atoms with van der Waals surface area (Å²) in [7, 11) is 2.21. The van der Waals surface area contributed by atoms with Gasteiger partial charge in [-0.25, -0.2) is 0 Å². The zero-order valence-corrected chi connectivity index (χ0v) is 10.5. The monoisotopic (exact) mass is 231 g/mol. The van der Waals surface area contributed by atoms with Gasteiger partial charge in [-0.3, -0.25) is 4.90 Å². The van der Waals surface area contributed by atoms with Crippen LogP contribution in [-0.4, -0.2) is 43.0 Å². The molecule has 1 aliphatic carbocycles. The van der Waals surface area contributed by atoms with Crippen molar-refractivity contribution < 1.29 is 0 Å². The lowest BCUT2D eigenvalue weighted by Gasteiger charge is -2.36. The molecule has 3 heteroatoms. The van der Waals surface area contributed by atoms with Crippen molar-refractivity contribution >= 4 is 5.69 Å². The topological polar surface area (TPSA) is 32.5 Å². The van der Waals surface area contributed by atoms with Crippen LogP contribution < -0.4 is 5.73 Å². The summed E-state index contributed by atoms with van der Waals surface area (Å²) in [6.07, 6.45) is 2.40. The van der Waals surface area contributed by atoms with Crippen LogP contribution in [0.1, 0.15) is 23.6 Å². The standard InChI is InChI=1S/C14H21N3/c1-16-7-9-17(10-8-16)14-6-5-11-12(14)3-2-4-13(11)15/h2-4,14H,5-10,15H2,1H3. The van der Waals surface area contributed by atoms with Gasteiger partial charge in [-0.05, 0) is 37.1 Å². The summed E-state index contributed by atoms with van der Waals surface area (Å²) in [5.41, 5.74) is 9.92. The van der Waals surface area contributed by atoms with E-state index in [1.807, 2.05) is 6.07 Å². The van der Waals surface area contributed by atoms with Crippen LogP contribution in [0.3, 0.4) is 0 Å². The van der Waals surface area contributed by atoms with Crippen molar-refractivity contribution in [2.24, 2.45) is 0 Å². The number of rotatable bonds is 1. The minimum absolute atomic E-state index is 0.613. The van der Waals surface area contributed by atoms with Crippen molar-refractivity contribution in [2.75, 3.05) is 39.0 Å². The quantitative estimate of drug-likeness (QED) is 0.744. The third kappa shape index (κ3) is 1.94. The summed E-state index contributed by atoms with van der Waals surface area (Å²) in [5.74, 6) is 0. The Morgan fingerprint density at radius 2 is 1.94 bits per heavy atom. The Morgan fingerprint density at radius 1 is 1.18 bits per heavy atom. The first-order chi connectivity index (χ1) is 8.25. The molecule has 1 aromatic rings. The SMILES string of the molecule is CN1CCN(C2CCc3c(N)cccc32)CC1. The van der Waals surface area contributed by atoms with E-state index in [2.05, 4.69) is 29.0 Å². The Kier molecular flexibility index (Phi) is 2.81. The van der Waals surface area contributed by atoms with Crippen molar-refractivity contribution in [3.8, 4) is 0 Å². The smallest absolute Gasteiger partial charge is 0.0355 e. The molecule has 1 fully saturated rings. The second-order valence-electron chi connectivity index (χ2n) is 5.31. The molecule has 2 aliphatic rings. The Balaban J connectivity index is 1.82. The fourth-order valence-electron chi connectivity index (χ4n) is 3.17. The van der Waals surface area contributed by atoms with Gasteiger partial charge in [0.1, 0.15) is 0 Å². The van der Waals surface area contributed by atoms with Crippen LogP contribution in [0.25, 0.3) is 0 Å². The molecule has 0 spiro atoms. The lowest BCUT2D eigenvalue weighted by Crippen LogP contribution is -2.45. The number of anilines is 1. The Bertz CT molecular complexity index is 408.